The Morgan fingerprint density at radius 2 is 2.47 bits per heavy atom. The lowest BCUT2D eigenvalue weighted by atomic mass is 10.1. The lowest BCUT2D eigenvalue weighted by molar-refractivity contribution is -0.124. The van der Waals surface area contributed by atoms with Crippen molar-refractivity contribution in [3.05, 3.63) is 23.7 Å². The van der Waals surface area contributed by atoms with Gasteiger partial charge in [-0.1, -0.05) is 0 Å². The minimum atomic E-state index is -0.0656. The van der Waals surface area contributed by atoms with Crippen LogP contribution in [0.2, 0.25) is 0 Å². The summed E-state index contributed by atoms with van der Waals surface area (Å²) in [5.41, 5.74) is 0. The Morgan fingerprint density at radius 1 is 1.60 bits per heavy atom. The number of carbonyl (C=O) groups excluding carboxylic acids is 1. The zero-order valence-electron chi connectivity index (χ0n) is 8.88. The molecule has 1 amide bonds. The summed E-state index contributed by atoms with van der Waals surface area (Å²) in [5.74, 6) is 1.88. The number of hydrogen-bond donors (Lipinski definition) is 2. The SMILES string of the molecule is Cc1ccc(CNC2CCCNC2=O)o1. The van der Waals surface area contributed by atoms with E-state index in [1.54, 1.807) is 0 Å². The quantitative estimate of drug-likeness (QED) is 0.777. The number of hydrogen-bond acceptors (Lipinski definition) is 3. The highest BCUT2D eigenvalue weighted by Gasteiger charge is 2.21. The van der Waals surface area contributed by atoms with Crippen molar-refractivity contribution in [3.8, 4) is 0 Å². The molecule has 0 spiro atoms. The van der Waals surface area contributed by atoms with Gasteiger partial charge in [0, 0.05) is 6.54 Å². The second-order valence-electron chi connectivity index (χ2n) is 3.88. The minimum Gasteiger partial charge on any atom is -0.465 e. The summed E-state index contributed by atoms with van der Waals surface area (Å²) in [7, 11) is 0. The molecule has 0 radical (unpaired) electrons. The normalized spacial score (nSPS) is 21.4. The van der Waals surface area contributed by atoms with E-state index in [1.165, 1.54) is 0 Å². The third kappa shape index (κ3) is 2.59. The monoisotopic (exact) mass is 208 g/mol. The second-order valence-corrected chi connectivity index (χ2v) is 3.88. The van der Waals surface area contributed by atoms with E-state index in [0.717, 1.165) is 30.9 Å². The molecule has 0 bridgehead atoms. The van der Waals surface area contributed by atoms with E-state index in [0.29, 0.717) is 6.54 Å². The number of rotatable bonds is 3. The predicted molar refractivity (Wildman–Crippen MR) is 56.3 cm³/mol. The van der Waals surface area contributed by atoms with Gasteiger partial charge in [-0.05, 0) is 31.9 Å². The van der Waals surface area contributed by atoms with Crippen LogP contribution in [0, 0.1) is 6.92 Å². The fraction of sp³-hybridized carbons (Fsp3) is 0.545. The Balaban J connectivity index is 1.84. The van der Waals surface area contributed by atoms with Crippen molar-refractivity contribution in [1.29, 1.82) is 0 Å². The molecule has 1 aromatic rings. The topological polar surface area (TPSA) is 54.3 Å². The third-order valence-electron chi connectivity index (χ3n) is 2.60. The van der Waals surface area contributed by atoms with Crippen molar-refractivity contribution in [2.24, 2.45) is 0 Å². The molecule has 0 aromatic carbocycles. The summed E-state index contributed by atoms with van der Waals surface area (Å²) in [4.78, 5) is 11.4. The fourth-order valence-corrected chi connectivity index (χ4v) is 1.77. The molecule has 1 aliphatic heterocycles. The zero-order chi connectivity index (χ0) is 10.7. The molecule has 1 aliphatic rings. The molecule has 82 valence electrons. The van der Waals surface area contributed by atoms with Crippen LogP contribution in [-0.2, 0) is 11.3 Å². The highest BCUT2D eigenvalue weighted by atomic mass is 16.3. The number of amides is 1. The first-order valence-corrected chi connectivity index (χ1v) is 5.32. The minimum absolute atomic E-state index is 0.0656. The van der Waals surface area contributed by atoms with E-state index in [2.05, 4.69) is 10.6 Å². The molecule has 2 heterocycles. The van der Waals surface area contributed by atoms with Crippen molar-refractivity contribution in [3.63, 3.8) is 0 Å². The van der Waals surface area contributed by atoms with Gasteiger partial charge in [-0.15, -0.1) is 0 Å². The summed E-state index contributed by atoms with van der Waals surface area (Å²) >= 11 is 0. The van der Waals surface area contributed by atoms with Crippen LogP contribution in [-0.4, -0.2) is 18.5 Å². The van der Waals surface area contributed by atoms with Crippen LogP contribution < -0.4 is 10.6 Å². The molecule has 0 aliphatic carbocycles. The van der Waals surface area contributed by atoms with Crippen LogP contribution in [0.15, 0.2) is 16.5 Å². The molecule has 1 saturated heterocycles. The van der Waals surface area contributed by atoms with Gasteiger partial charge in [0.2, 0.25) is 5.91 Å². The summed E-state index contributed by atoms with van der Waals surface area (Å²) < 4.78 is 5.42. The Morgan fingerprint density at radius 3 is 3.13 bits per heavy atom. The summed E-state index contributed by atoms with van der Waals surface area (Å²) in [6.45, 7) is 3.33. The summed E-state index contributed by atoms with van der Waals surface area (Å²) in [6, 6.07) is 3.80. The summed E-state index contributed by atoms with van der Waals surface area (Å²) in [5, 5.41) is 6.04. The number of aryl methyl sites for hydroxylation is 1. The van der Waals surface area contributed by atoms with Gasteiger partial charge < -0.3 is 9.73 Å². The summed E-state index contributed by atoms with van der Waals surface area (Å²) in [6.07, 6.45) is 1.95. The van der Waals surface area contributed by atoms with Gasteiger partial charge in [-0.25, -0.2) is 0 Å². The Hall–Kier alpha value is -1.29. The Kier molecular flexibility index (Phi) is 3.06. The molecule has 4 heteroatoms. The number of piperidine rings is 1. The standard InChI is InChI=1S/C11H16N2O2/c1-8-4-5-9(15-8)7-13-10-3-2-6-12-11(10)14/h4-5,10,13H,2-3,6-7H2,1H3,(H,12,14). The smallest absolute Gasteiger partial charge is 0.237 e. The average Bonchev–Trinajstić information content (AvgIpc) is 2.63. The fourth-order valence-electron chi connectivity index (χ4n) is 1.77. The van der Waals surface area contributed by atoms with Gasteiger partial charge in [-0.3, -0.25) is 10.1 Å². The number of nitrogens with one attached hydrogen (secondary N) is 2. The maximum atomic E-state index is 11.4. The predicted octanol–water partition coefficient (Wildman–Crippen LogP) is 0.956. The molecule has 2 N–H and O–H groups in total. The first-order valence-electron chi connectivity index (χ1n) is 5.32. The van der Waals surface area contributed by atoms with Gasteiger partial charge in [0.25, 0.3) is 0 Å². The lowest BCUT2D eigenvalue weighted by Crippen LogP contribution is -2.47. The lowest BCUT2D eigenvalue weighted by Gasteiger charge is -2.22. The molecule has 2 rings (SSSR count). The molecule has 1 fully saturated rings. The van der Waals surface area contributed by atoms with Gasteiger partial charge in [0.15, 0.2) is 0 Å². The molecule has 0 saturated carbocycles. The van der Waals surface area contributed by atoms with E-state index in [9.17, 15) is 4.79 Å². The van der Waals surface area contributed by atoms with E-state index in [1.807, 2.05) is 19.1 Å². The first kappa shape index (κ1) is 10.2. The number of furan rings is 1. The van der Waals surface area contributed by atoms with Crippen molar-refractivity contribution >= 4 is 5.91 Å². The van der Waals surface area contributed by atoms with Gasteiger partial charge in [0.05, 0.1) is 12.6 Å². The van der Waals surface area contributed by atoms with Crippen molar-refractivity contribution in [2.75, 3.05) is 6.54 Å². The van der Waals surface area contributed by atoms with Crippen LogP contribution in [0.4, 0.5) is 0 Å². The average molecular weight is 208 g/mol. The Labute approximate surface area is 89.0 Å². The van der Waals surface area contributed by atoms with Crippen molar-refractivity contribution in [1.82, 2.24) is 10.6 Å². The Bertz CT molecular complexity index is 346. The first-order chi connectivity index (χ1) is 7.25. The van der Waals surface area contributed by atoms with Gasteiger partial charge >= 0.3 is 0 Å². The van der Waals surface area contributed by atoms with E-state index in [4.69, 9.17) is 4.42 Å². The van der Waals surface area contributed by atoms with Crippen molar-refractivity contribution in [2.45, 2.75) is 32.4 Å². The molecule has 1 aromatic heterocycles. The van der Waals surface area contributed by atoms with Gasteiger partial charge in [-0.2, -0.15) is 0 Å². The third-order valence-corrected chi connectivity index (χ3v) is 2.60. The molecule has 15 heavy (non-hydrogen) atoms. The van der Waals surface area contributed by atoms with Crippen LogP contribution >= 0.6 is 0 Å². The highest BCUT2D eigenvalue weighted by Crippen LogP contribution is 2.08. The molecule has 1 atom stereocenters. The molecular formula is C11H16N2O2. The maximum Gasteiger partial charge on any atom is 0.237 e. The molecule has 1 unspecified atom stereocenters. The maximum absolute atomic E-state index is 11.4. The van der Waals surface area contributed by atoms with Crippen LogP contribution in [0.1, 0.15) is 24.4 Å². The highest BCUT2D eigenvalue weighted by molar-refractivity contribution is 5.82. The molecule has 4 nitrogen and oxygen atoms in total. The van der Waals surface area contributed by atoms with Crippen molar-refractivity contribution < 1.29 is 9.21 Å². The van der Waals surface area contributed by atoms with E-state index in [-0.39, 0.29) is 11.9 Å². The van der Waals surface area contributed by atoms with Crippen LogP contribution in [0.5, 0.6) is 0 Å². The second kappa shape index (κ2) is 4.49. The molecular weight excluding hydrogens is 192 g/mol. The zero-order valence-corrected chi connectivity index (χ0v) is 8.88. The van der Waals surface area contributed by atoms with E-state index < -0.39 is 0 Å². The van der Waals surface area contributed by atoms with Gasteiger partial charge in [0.1, 0.15) is 11.5 Å². The number of carbonyl (C=O) groups is 1. The largest absolute Gasteiger partial charge is 0.465 e. The van der Waals surface area contributed by atoms with Crippen LogP contribution in [0.3, 0.4) is 0 Å². The van der Waals surface area contributed by atoms with E-state index >= 15 is 0 Å². The van der Waals surface area contributed by atoms with Crippen LogP contribution in [0.25, 0.3) is 0 Å².